The van der Waals surface area contributed by atoms with Gasteiger partial charge in [-0.1, -0.05) is 23.8 Å². The second kappa shape index (κ2) is 6.74. The molecule has 1 aromatic rings. The molecule has 0 aliphatic carbocycles. The van der Waals surface area contributed by atoms with Crippen LogP contribution in [-0.2, 0) is 9.47 Å². The van der Waals surface area contributed by atoms with E-state index in [9.17, 15) is 5.11 Å². The minimum absolute atomic E-state index is 0.520. The van der Waals surface area contributed by atoms with Gasteiger partial charge in [0.05, 0.1) is 0 Å². The zero-order chi connectivity index (χ0) is 12.8. The molecule has 0 saturated heterocycles. The first kappa shape index (κ1) is 14.2. The Morgan fingerprint density at radius 3 is 2.18 bits per heavy atom. The number of aliphatic hydroxyl groups excluding tert-OH is 1. The fourth-order valence-corrected chi connectivity index (χ4v) is 1.86. The Kier molecular flexibility index (Phi) is 5.62. The zero-order valence-corrected chi connectivity index (χ0v) is 11.1. The van der Waals surface area contributed by atoms with Crippen LogP contribution in [0.25, 0.3) is 0 Å². The van der Waals surface area contributed by atoms with Gasteiger partial charge in [-0.2, -0.15) is 0 Å². The van der Waals surface area contributed by atoms with Crippen molar-refractivity contribution < 1.29 is 14.6 Å². The summed E-state index contributed by atoms with van der Waals surface area (Å²) in [5, 5.41) is 10.3. The lowest BCUT2D eigenvalue weighted by atomic mass is 10.0. The minimum atomic E-state index is -0.740. The standard InChI is InChI=1S/C14H22O3/c1-5-16-14(17-6-2)13(15)12-8-7-10(3)9-11(12)4/h7-9,13-15H,5-6H2,1-4H3. The summed E-state index contributed by atoms with van der Waals surface area (Å²) in [4.78, 5) is 0. The van der Waals surface area contributed by atoms with E-state index >= 15 is 0 Å². The molecule has 1 aromatic carbocycles. The van der Waals surface area contributed by atoms with Crippen molar-refractivity contribution in [3.63, 3.8) is 0 Å². The van der Waals surface area contributed by atoms with Crippen molar-refractivity contribution in [2.45, 2.75) is 40.1 Å². The molecule has 17 heavy (non-hydrogen) atoms. The smallest absolute Gasteiger partial charge is 0.187 e. The predicted molar refractivity (Wildman–Crippen MR) is 67.9 cm³/mol. The molecule has 0 spiro atoms. The molecule has 1 atom stereocenters. The van der Waals surface area contributed by atoms with E-state index in [1.807, 2.05) is 45.9 Å². The van der Waals surface area contributed by atoms with Gasteiger partial charge in [0.1, 0.15) is 6.10 Å². The molecule has 96 valence electrons. The lowest BCUT2D eigenvalue weighted by Gasteiger charge is -2.24. The molecule has 1 N–H and O–H groups in total. The number of aliphatic hydroxyl groups is 1. The van der Waals surface area contributed by atoms with Crippen molar-refractivity contribution in [3.05, 3.63) is 34.9 Å². The van der Waals surface area contributed by atoms with Crippen LogP contribution in [-0.4, -0.2) is 24.6 Å². The number of benzene rings is 1. The second-order valence-electron chi connectivity index (χ2n) is 4.08. The Hall–Kier alpha value is -0.900. The summed E-state index contributed by atoms with van der Waals surface area (Å²) in [5.74, 6) is 0. The van der Waals surface area contributed by atoms with Gasteiger partial charge >= 0.3 is 0 Å². The summed E-state index contributed by atoms with van der Waals surface area (Å²) in [6, 6.07) is 5.97. The highest BCUT2D eigenvalue weighted by atomic mass is 16.7. The fourth-order valence-electron chi connectivity index (χ4n) is 1.86. The fraction of sp³-hybridized carbons (Fsp3) is 0.571. The SMILES string of the molecule is CCOC(OCC)C(O)c1ccc(C)cc1C. The summed E-state index contributed by atoms with van der Waals surface area (Å²) in [6.07, 6.45) is -1.33. The van der Waals surface area contributed by atoms with Crippen LogP contribution in [0.1, 0.15) is 36.6 Å². The Balaban J connectivity index is 2.88. The average molecular weight is 238 g/mol. The molecule has 0 radical (unpaired) electrons. The first-order chi connectivity index (χ1) is 8.10. The summed E-state index contributed by atoms with van der Waals surface area (Å²) in [7, 11) is 0. The third-order valence-electron chi connectivity index (χ3n) is 2.66. The quantitative estimate of drug-likeness (QED) is 0.774. The molecule has 0 heterocycles. The zero-order valence-electron chi connectivity index (χ0n) is 11.1. The highest BCUT2D eigenvalue weighted by Gasteiger charge is 2.22. The van der Waals surface area contributed by atoms with Gasteiger partial charge in [0, 0.05) is 13.2 Å². The van der Waals surface area contributed by atoms with Crippen LogP contribution >= 0.6 is 0 Å². The van der Waals surface area contributed by atoms with E-state index in [0.29, 0.717) is 13.2 Å². The van der Waals surface area contributed by atoms with Crippen LogP contribution in [0.2, 0.25) is 0 Å². The van der Waals surface area contributed by atoms with Gasteiger partial charge in [-0.25, -0.2) is 0 Å². The Bertz CT molecular complexity index is 343. The van der Waals surface area contributed by atoms with E-state index in [4.69, 9.17) is 9.47 Å². The molecule has 3 heteroatoms. The summed E-state index contributed by atoms with van der Waals surface area (Å²) < 4.78 is 10.8. The van der Waals surface area contributed by atoms with Crippen LogP contribution < -0.4 is 0 Å². The van der Waals surface area contributed by atoms with Crippen LogP contribution in [0.4, 0.5) is 0 Å². The van der Waals surface area contributed by atoms with Crippen molar-refractivity contribution in [1.82, 2.24) is 0 Å². The average Bonchev–Trinajstić information content (AvgIpc) is 2.28. The lowest BCUT2D eigenvalue weighted by molar-refractivity contribution is -0.191. The van der Waals surface area contributed by atoms with Crippen molar-refractivity contribution in [2.75, 3.05) is 13.2 Å². The van der Waals surface area contributed by atoms with Gasteiger partial charge in [-0.3, -0.25) is 0 Å². The van der Waals surface area contributed by atoms with Gasteiger partial charge in [-0.15, -0.1) is 0 Å². The number of aryl methyl sites for hydroxylation is 2. The highest BCUT2D eigenvalue weighted by Crippen LogP contribution is 2.24. The molecule has 3 nitrogen and oxygen atoms in total. The number of ether oxygens (including phenoxy) is 2. The molecule has 0 saturated carbocycles. The van der Waals surface area contributed by atoms with E-state index < -0.39 is 12.4 Å². The topological polar surface area (TPSA) is 38.7 Å². The summed E-state index contributed by atoms with van der Waals surface area (Å²) >= 11 is 0. The molecule has 0 amide bonds. The Labute approximate surface area is 103 Å². The van der Waals surface area contributed by atoms with Crippen molar-refractivity contribution in [1.29, 1.82) is 0 Å². The summed E-state index contributed by atoms with van der Waals surface area (Å²) in [6.45, 7) is 8.84. The van der Waals surface area contributed by atoms with Crippen LogP contribution in [0.5, 0.6) is 0 Å². The van der Waals surface area contributed by atoms with Gasteiger partial charge in [-0.05, 0) is 38.8 Å². The summed E-state index contributed by atoms with van der Waals surface area (Å²) in [5.41, 5.74) is 3.10. The normalized spacial score (nSPS) is 13.1. The van der Waals surface area contributed by atoms with Gasteiger partial charge in [0.25, 0.3) is 0 Å². The molecule has 0 aromatic heterocycles. The lowest BCUT2D eigenvalue weighted by Crippen LogP contribution is -2.26. The van der Waals surface area contributed by atoms with E-state index in [2.05, 4.69) is 0 Å². The maximum Gasteiger partial charge on any atom is 0.187 e. The third kappa shape index (κ3) is 3.80. The number of rotatable bonds is 6. The van der Waals surface area contributed by atoms with E-state index in [1.54, 1.807) is 0 Å². The monoisotopic (exact) mass is 238 g/mol. The Morgan fingerprint density at radius 2 is 1.71 bits per heavy atom. The van der Waals surface area contributed by atoms with E-state index in [-0.39, 0.29) is 0 Å². The molecule has 1 rings (SSSR count). The first-order valence-electron chi connectivity index (χ1n) is 6.08. The van der Waals surface area contributed by atoms with Crippen molar-refractivity contribution in [2.24, 2.45) is 0 Å². The number of hydrogen-bond acceptors (Lipinski definition) is 3. The molecule has 0 bridgehead atoms. The highest BCUT2D eigenvalue weighted by molar-refractivity contribution is 5.32. The first-order valence-corrected chi connectivity index (χ1v) is 6.08. The largest absolute Gasteiger partial charge is 0.383 e. The van der Waals surface area contributed by atoms with Gasteiger partial charge in [0.15, 0.2) is 6.29 Å². The molecular formula is C14H22O3. The van der Waals surface area contributed by atoms with Crippen molar-refractivity contribution >= 4 is 0 Å². The van der Waals surface area contributed by atoms with E-state index in [1.165, 1.54) is 5.56 Å². The maximum atomic E-state index is 10.3. The molecule has 0 fully saturated rings. The molecule has 0 aliphatic heterocycles. The van der Waals surface area contributed by atoms with Crippen LogP contribution in [0.3, 0.4) is 0 Å². The van der Waals surface area contributed by atoms with Crippen molar-refractivity contribution in [3.8, 4) is 0 Å². The molecule has 1 unspecified atom stereocenters. The maximum absolute atomic E-state index is 10.3. The van der Waals surface area contributed by atoms with E-state index in [0.717, 1.165) is 11.1 Å². The van der Waals surface area contributed by atoms with Gasteiger partial charge < -0.3 is 14.6 Å². The third-order valence-corrected chi connectivity index (χ3v) is 2.66. The molecular weight excluding hydrogens is 216 g/mol. The van der Waals surface area contributed by atoms with Gasteiger partial charge in [0.2, 0.25) is 0 Å². The van der Waals surface area contributed by atoms with Crippen LogP contribution in [0, 0.1) is 13.8 Å². The Morgan fingerprint density at radius 1 is 1.12 bits per heavy atom. The van der Waals surface area contributed by atoms with Crippen LogP contribution in [0.15, 0.2) is 18.2 Å². The minimum Gasteiger partial charge on any atom is -0.383 e. The molecule has 0 aliphatic rings. The predicted octanol–water partition coefficient (Wildman–Crippen LogP) is 2.74. The number of hydrogen-bond donors (Lipinski definition) is 1. The second-order valence-corrected chi connectivity index (χ2v) is 4.08.